The van der Waals surface area contributed by atoms with E-state index in [1.165, 1.54) is 0 Å². The highest BCUT2D eigenvalue weighted by atomic mass is 16.5. The van der Waals surface area contributed by atoms with Crippen molar-refractivity contribution in [1.82, 2.24) is 10.6 Å². The second-order valence-corrected chi connectivity index (χ2v) is 5.90. The van der Waals surface area contributed by atoms with Gasteiger partial charge in [-0.3, -0.25) is 9.59 Å². The number of nitrogens with two attached hydrogens (primary N) is 1. The zero-order valence-electron chi connectivity index (χ0n) is 14.7. The topological polar surface area (TPSA) is 103 Å². The van der Waals surface area contributed by atoms with E-state index in [0.717, 1.165) is 5.75 Å². The van der Waals surface area contributed by atoms with Crippen molar-refractivity contribution in [1.29, 1.82) is 0 Å². The standard InChI is InChI=1S/C17H27N3O4/c1-11(2)16(18)17(22)20-10-15(21)19-9-12(3)24-14-7-5-13(23-4)6-8-14/h5-8,11-12,16H,9-10,18H2,1-4H3,(H,19,21)(H,20,22)/t12?,16-/m0/s1. The van der Waals surface area contributed by atoms with Gasteiger partial charge in [0.2, 0.25) is 11.8 Å². The van der Waals surface area contributed by atoms with E-state index >= 15 is 0 Å². The number of nitrogens with one attached hydrogen (secondary N) is 2. The molecule has 7 nitrogen and oxygen atoms in total. The summed E-state index contributed by atoms with van der Waals surface area (Å²) in [6.07, 6.45) is -0.212. The molecule has 0 bridgehead atoms. The zero-order chi connectivity index (χ0) is 18.1. The van der Waals surface area contributed by atoms with Crippen molar-refractivity contribution < 1.29 is 19.1 Å². The smallest absolute Gasteiger partial charge is 0.239 e. The third kappa shape index (κ3) is 6.87. The van der Waals surface area contributed by atoms with Crippen LogP contribution in [0.4, 0.5) is 0 Å². The molecule has 0 radical (unpaired) electrons. The summed E-state index contributed by atoms with van der Waals surface area (Å²) in [5.74, 6) is 0.838. The number of carbonyl (C=O) groups is 2. The molecule has 1 rings (SSSR count). The van der Waals surface area contributed by atoms with Crippen LogP contribution in [0.15, 0.2) is 24.3 Å². The van der Waals surface area contributed by atoms with Crippen LogP contribution in [0.1, 0.15) is 20.8 Å². The molecule has 24 heavy (non-hydrogen) atoms. The van der Waals surface area contributed by atoms with Gasteiger partial charge in [0, 0.05) is 0 Å². The Morgan fingerprint density at radius 3 is 2.21 bits per heavy atom. The molecule has 2 atom stereocenters. The highest BCUT2D eigenvalue weighted by Crippen LogP contribution is 2.17. The van der Waals surface area contributed by atoms with Crippen LogP contribution in [0.3, 0.4) is 0 Å². The molecule has 1 unspecified atom stereocenters. The maximum Gasteiger partial charge on any atom is 0.239 e. The molecule has 0 aliphatic carbocycles. The van der Waals surface area contributed by atoms with E-state index in [1.807, 2.05) is 20.8 Å². The number of ether oxygens (including phenoxy) is 2. The van der Waals surface area contributed by atoms with Gasteiger partial charge in [0.15, 0.2) is 0 Å². The van der Waals surface area contributed by atoms with E-state index in [9.17, 15) is 9.59 Å². The molecule has 1 aromatic carbocycles. The van der Waals surface area contributed by atoms with Crippen LogP contribution in [-0.2, 0) is 9.59 Å². The van der Waals surface area contributed by atoms with Gasteiger partial charge in [0.25, 0.3) is 0 Å². The summed E-state index contributed by atoms with van der Waals surface area (Å²) in [6.45, 7) is 5.77. The lowest BCUT2D eigenvalue weighted by molar-refractivity contribution is -0.127. The number of carbonyl (C=O) groups excluding carboxylic acids is 2. The Hall–Kier alpha value is -2.28. The first-order chi connectivity index (χ1) is 11.3. The molecule has 2 amide bonds. The molecule has 0 heterocycles. The number of amides is 2. The van der Waals surface area contributed by atoms with Gasteiger partial charge in [0.1, 0.15) is 17.6 Å². The van der Waals surface area contributed by atoms with Gasteiger partial charge in [-0.2, -0.15) is 0 Å². The van der Waals surface area contributed by atoms with Crippen molar-refractivity contribution in [3.05, 3.63) is 24.3 Å². The summed E-state index contributed by atoms with van der Waals surface area (Å²) in [4.78, 5) is 23.4. The van der Waals surface area contributed by atoms with Crippen molar-refractivity contribution in [2.75, 3.05) is 20.2 Å². The molecular weight excluding hydrogens is 310 g/mol. The summed E-state index contributed by atoms with van der Waals surface area (Å²) >= 11 is 0. The molecule has 0 saturated carbocycles. The van der Waals surface area contributed by atoms with E-state index in [-0.39, 0.29) is 30.4 Å². The molecular formula is C17H27N3O4. The van der Waals surface area contributed by atoms with E-state index in [2.05, 4.69) is 10.6 Å². The fraction of sp³-hybridized carbons (Fsp3) is 0.529. The van der Waals surface area contributed by atoms with Gasteiger partial charge in [-0.1, -0.05) is 13.8 Å². The molecule has 0 aliphatic heterocycles. The molecule has 0 aliphatic rings. The van der Waals surface area contributed by atoms with Crippen molar-refractivity contribution in [3.8, 4) is 11.5 Å². The Kier molecular flexibility index (Phi) is 8.05. The second kappa shape index (κ2) is 9.77. The molecule has 0 fully saturated rings. The summed E-state index contributed by atoms with van der Waals surface area (Å²) in [6, 6.07) is 6.58. The van der Waals surface area contributed by atoms with Gasteiger partial charge < -0.3 is 25.8 Å². The fourth-order valence-electron chi connectivity index (χ4n) is 1.84. The molecule has 0 spiro atoms. The van der Waals surface area contributed by atoms with Crippen molar-refractivity contribution >= 4 is 11.8 Å². The Morgan fingerprint density at radius 1 is 1.08 bits per heavy atom. The predicted molar refractivity (Wildman–Crippen MR) is 91.9 cm³/mol. The van der Waals surface area contributed by atoms with Crippen LogP contribution >= 0.6 is 0 Å². The first-order valence-electron chi connectivity index (χ1n) is 7.94. The van der Waals surface area contributed by atoms with Crippen molar-refractivity contribution in [2.24, 2.45) is 11.7 Å². The lowest BCUT2D eigenvalue weighted by Gasteiger charge is -2.17. The minimum atomic E-state index is -0.616. The molecule has 0 aromatic heterocycles. The maximum absolute atomic E-state index is 11.7. The van der Waals surface area contributed by atoms with Crippen LogP contribution in [0, 0.1) is 5.92 Å². The van der Waals surface area contributed by atoms with E-state index in [0.29, 0.717) is 12.3 Å². The minimum absolute atomic E-state index is 0.0194. The monoisotopic (exact) mass is 337 g/mol. The normalized spacial score (nSPS) is 13.1. The second-order valence-electron chi connectivity index (χ2n) is 5.90. The summed E-state index contributed by atoms with van der Waals surface area (Å²) < 4.78 is 10.8. The van der Waals surface area contributed by atoms with Crippen LogP contribution in [0.25, 0.3) is 0 Å². The van der Waals surface area contributed by atoms with Crippen molar-refractivity contribution in [3.63, 3.8) is 0 Å². The number of hydrogen-bond donors (Lipinski definition) is 3. The van der Waals surface area contributed by atoms with Crippen molar-refractivity contribution in [2.45, 2.75) is 32.9 Å². The SMILES string of the molecule is COc1ccc(OC(C)CNC(=O)CNC(=O)[C@@H](N)C(C)C)cc1. The highest BCUT2D eigenvalue weighted by Gasteiger charge is 2.17. The Labute approximate surface area is 142 Å². The average molecular weight is 337 g/mol. The van der Waals surface area contributed by atoms with Crippen LogP contribution in [0.5, 0.6) is 11.5 Å². The highest BCUT2D eigenvalue weighted by molar-refractivity contribution is 5.87. The van der Waals surface area contributed by atoms with Crippen LogP contribution in [-0.4, -0.2) is 44.2 Å². The summed E-state index contributed by atoms with van der Waals surface area (Å²) in [5, 5.41) is 5.22. The van der Waals surface area contributed by atoms with E-state index in [1.54, 1.807) is 31.4 Å². The largest absolute Gasteiger partial charge is 0.497 e. The maximum atomic E-state index is 11.7. The van der Waals surface area contributed by atoms with Crippen LogP contribution in [0.2, 0.25) is 0 Å². The minimum Gasteiger partial charge on any atom is -0.497 e. The van der Waals surface area contributed by atoms with Gasteiger partial charge in [0.05, 0.1) is 26.2 Å². The van der Waals surface area contributed by atoms with Gasteiger partial charge in [-0.05, 0) is 37.1 Å². The average Bonchev–Trinajstić information content (AvgIpc) is 2.57. The predicted octanol–water partition coefficient (Wildman–Crippen LogP) is 0.678. The first-order valence-corrected chi connectivity index (χ1v) is 7.94. The Balaban J connectivity index is 2.29. The van der Waals surface area contributed by atoms with Gasteiger partial charge in [-0.25, -0.2) is 0 Å². The van der Waals surface area contributed by atoms with Gasteiger partial charge >= 0.3 is 0 Å². The Morgan fingerprint density at radius 2 is 1.67 bits per heavy atom. The van der Waals surface area contributed by atoms with Gasteiger partial charge in [-0.15, -0.1) is 0 Å². The summed E-state index contributed by atoms with van der Waals surface area (Å²) in [5.41, 5.74) is 5.70. The van der Waals surface area contributed by atoms with E-state index < -0.39 is 6.04 Å². The number of rotatable bonds is 9. The number of hydrogen-bond acceptors (Lipinski definition) is 5. The Bertz CT molecular complexity index is 531. The molecule has 1 aromatic rings. The number of benzene rings is 1. The zero-order valence-corrected chi connectivity index (χ0v) is 14.7. The van der Waals surface area contributed by atoms with Crippen LogP contribution < -0.4 is 25.8 Å². The lowest BCUT2D eigenvalue weighted by atomic mass is 10.1. The molecule has 4 N–H and O–H groups in total. The first kappa shape index (κ1) is 19.8. The number of methoxy groups -OCH3 is 1. The quantitative estimate of drug-likeness (QED) is 0.615. The molecule has 7 heteroatoms. The molecule has 134 valence electrons. The lowest BCUT2D eigenvalue weighted by Crippen LogP contribution is -2.47. The van der Waals surface area contributed by atoms with E-state index in [4.69, 9.17) is 15.2 Å². The fourth-order valence-corrected chi connectivity index (χ4v) is 1.84. The third-order valence-corrected chi connectivity index (χ3v) is 3.43. The molecule has 0 saturated heterocycles. The summed E-state index contributed by atoms with van der Waals surface area (Å²) in [7, 11) is 1.60. The third-order valence-electron chi connectivity index (χ3n) is 3.43.